The van der Waals surface area contributed by atoms with Gasteiger partial charge in [0, 0.05) is 37.0 Å². The molecule has 0 bridgehead atoms. The Morgan fingerprint density at radius 3 is 3.05 bits per heavy atom. The summed E-state index contributed by atoms with van der Waals surface area (Å²) in [5.41, 5.74) is 1.17. The Kier molecular flexibility index (Phi) is 3.92. The lowest BCUT2D eigenvalue weighted by Gasteiger charge is -2.18. The second-order valence-electron chi connectivity index (χ2n) is 6.89. The third-order valence-corrected chi connectivity index (χ3v) is 5.62. The monoisotopic (exact) mass is 321 g/mol. The van der Waals surface area contributed by atoms with E-state index in [0.717, 1.165) is 43.9 Å². The zero-order valence-corrected chi connectivity index (χ0v) is 13.8. The third kappa shape index (κ3) is 3.34. The van der Waals surface area contributed by atoms with Crippen molar-refractivity contribution < 1.29 is 9.53 Å². The first-order valence-corrected chi connectivity index (χ1v) is 9.12. The van der Waals surface area contributed by atoms with Gasteiger partial charge in [-0.3, -0.25) is 9.69 Å². The Morgan fingerprint density at radius 1 is 1.50 bits per heavy atom. The number of ether oxygens (including phenoxy) is 1. The van der Waals surface area contributed by atoms with Crippen LogP contribution in [0.15, 0.2) is 5.38 Å². The summed E-state index contributed by atoms with van der Waals surface area (Å²) in [4.78, 5) is 18.8. The summed E-state index contributed by atoms with van der Waals surface area (Å²) in [5, 5.41) is 6.33. The zero-order valence-electron chi connectivity index (χ0n) is 13.0. The summed E-state index contributed by atoms with van der Waals surface area (Å²) >= 11 is 1.71. The average molecular weight is 321 g/mol. The largest absolute Gasteiger partial charge is 0.373 e. The van der Waals surface area contributed by atoms with Crippen LogP contribution in [0.25, 0.3) is 0 Å². The lowest BCUT2D eigenvalue weighted by molar-refractivity contribution is -0.123. The van der Waals surface area contributed by atoms with E-state index in [0.29, 0.717) is 24.5 Å². The van der Waals surface area contributed by atoms with E-state index in [1.165, 1.54) is 5.69 Å². The minimum atomic E-state index is 0.123. The number of fused-ring (bicyclic) bond motifs is 1. The highest BCUT2D eigenvalue weighted by Gasteiger charge is 2.42. The van der Waals surface area contributed by atoms with Gasteiger partial charge in [-0.25, -0.2) is 4.98 Å². The van der Waals surface area contributed by atoms with Gasteiger partial charge in [-0.2, -0.15) is 0 Å². The van der Waals surface area contributed by atoms with Crippen LogP contribution in [0, 0.1) is 12.8 Å². The Morgan fingerprint density at radius 2 is 2.36 bits per heavy atom. The number of amides is 1. The zero-order chi connectivity index (χ0) is 15.1. The normalized spacial score (nSPS) is 31.4. The lowest BCUT2D eigenvalue weighted by atomic mass is 10.0. The first-order valence-electron chi connectivity index (χ1n) is 8.24. The van der Waals surface area contributed by atoms with E-state index in [9.17, 15) is 4.79 Å². The third-order valence-electron chi connectivity index (χ3n) is 4.80. The fourth-order valence-electron chi connectivity index (χ4n) is 3.64. The molecule has 4 rings (SSSR count). The highest BCUT2D eigenvalue weighted by molar-refractivity contribution is 7.09. The number of likely N-dealkylation sites (tertiary alicyclic amines) is 1. The highest BCUT2D eigenvalue weighted by Crippen LogP contribution is 2.35. The second kappa shape index (κ2) is 5.91. The fraction of sp³-hybridized carbons (Fsp3) is 0.750. The van der Waals surface area contributed by atoms with E-state index in [4.69, 9.17) is 4.74 Å². The number of nitrogens with one attached hydrogen (secondary N) is 1. The highest BCUT2D eigenvalue weighted by atomic mass is 32.1. The first kappa shape index (κ1) is 14.6. The summed E-state index contributed by atoms with van der Waals surface area (Å²) in [6, 6.07) is 0.450. The number of hydrogen-bond donors (Lipinski definition) is 1. The van der Waals surface area contributed by atoms with Gasteiger partial charge in [-0.05, 0) is 26.2 Å². The molecular formula is C16H23N3O2S. The first-order chi connectivity index (χ1) is 10.7. The van der Waals surface area contributed by atoms with E-state index in [2.05, 4.69) is 20.6 Å². The Hall–Kier alpha value is -0.980. The van der Waals surface area contributed by atoms with Crippen LogP contribution in [0.2, 0.25) is 0 Å². The van der Waals surface area contributed by atoms with Crippen molar-refractivity contribution in [1.29, 1.82) is 0 Å². The van der Waals surface area contributed by atoms with Crippen molar-refractivity contribution in [2.24, 2.45) is 5.92 Å². The van der Waals surface area contributed by atoms with E-state index < -0.39 is 0 Å². The van der Waals surface area contributed by atoms with Crippen LogP contribution < -0.4 is 5.32 Å². The van der Waals surface area contributed by atoms with Crippen LogP contribution in [0.4, 0.5) is 0 Å². The van der Waals surface area contributed by atoms with Gasteiger partial charge in [0.05, 0.1) is 29.3 Å². The maximum absolute atomic E-state index is 11.9. The second-order valence-corrected chi connectivity index (χ2v) is 7.95. The summed E-state index contributed by atoms with van der Waals surface area (Å²) in [5.74, 6) is 0.751. The van der Waals surface area contributed by atoms with Gasteiger partial charge >= 0.3 is 0 Å². The van der Waals surface area contributed by atoms with E-state index in [-0.39, 0.29) is 12.0 Å². The molecule has 1 aliphatic carbocycles. The number of carbonyl (C=O) groups excluding carboxylic acids is 1. The molecule has 1 aromatic heterocycles. The van der Waals surface area contributed by atoms with E-state index in [1.807, 2.05) is 6.92 Å². The van der Waals surface area contributed by atoms with Crippen molar-refractivity contribution in [3.63, 3.8) is 0 Å². The van der Waals surface area contributed by atoms with Crippen LogP contribution in [-0.4, -0.2) is 47.1 Å². The van der Waals surface area contributed by atoms with Crippen LogP contribution >= 0.6 is 11.3 Å². The molecule has 1 N–H and O–H groups in total. The number of nitrogens with zero attached hydrogens (tertiary/aromatic N) is 2. The van der Waals surface area contributed by atoms with Gasteiger partial charge < -0.3 is 10.1 Å². The quantitative estimate of drug-likeness (QED) is 0.897. The van der Waals surface area contributed by atoms with Crippen LogP contribution in [0.1, 0.15) is 36.4 Å². The summed E-state index contributed by atoms with van der Waals surface area (Å²) in [6.45, 7) is 5.02. The molecule has 120 valence electrons. The number of rotatable bonds is 5. The predicted molar refractivity (Wildman–Crippen MR) is 84.7 cm³/mol. The lowest BCUT2D eigenvalue weighted by Crippen LogP contribution is -2.30. The Bertz CT molecular complexity index is 543. The van der Waals surface area contributed by atoms with Gasteiger partial charge in [0.15, 0.2) is 0 Å². The van der Waals surface area contributed by atoms with Crippen molar-refractivity contribution in [3.05, 3.63) is 16.1 Å². The van der Waals surface area contributed by atoms with Gasteiger partial charge in [0.25, 0.3) is 0 Å². The number of aromatic nitrogens is 1. The molecule has 3 aliphatic rings. The standard InChI is InChI=1S/C16H23N3O2S/c1-10-17-13(9-22-10)7-19-6-11-4-14(21-15(11)8-19)5-16(20)18-12-2-3-12/h9,11-12,14-15H,2-8H2,1H3,(H,18,20)/t11-,14+,15+/m0/s1. The molecule has 3 heterocycles. The molecule has 22 heavy (non-hydrogen) atoms. The number of carbonyl (C=O) groups is 1. The number of thiazole rings is 1. The summed E-state index contributed by atoms with van der Waals surface area (Å²) in [6.07, 6.45) is 4.28. The molecule has 2 aliphatic heterocycles. The Balaban J connectivity index is 1.24. The van der Waals surface area contributed by atoms with Crippen molar-refractivity contribution in [1.82, 2.24) is 15.2 Å². The average Bonchev–Trinajstić information content (AvgIpc) is 2.85. The van der Waals surface area contributed by atoms with Crippen molar-refractivity contribution in [3.8, 4) is 0 Å². The maximum atomic E-state index is 11.9. The van der Waals surface area contributed by atoms with Gasteiger partial charge in [0.1, 0.15) is 0 Å². The SMILES string of the molecule is Cc1nc(CN2C[C@@H]3C[C@H](CC(=O)NC4CC4)O[C@@H]3C2)cs1. The van der Waals surface area contributed by atoms with Crippen molar-refractivity contribution in [2.75, 3.05) is 13.1 Å². The van der Waals surface area contributed by atoms with Crippen molar-refractivity contribution >= 4 is 17.2 Å². The summed E-state index contributed by atoms with van der Waals surface area (Å²) in [7, 11) is 0. The maximum Gasteiger partial charge on any atom is 0.222 e. The van der Waals surface area contributed by atoms with Crippen LogP contribution in [0.3, 0.4) is 0 Å². The number of hydrogen-bond acceptors (Lipinski definition) is 5. The predicted octanol–water partition coefficient (Wildman–Crippen LogP) is 1.71. The van der Waals surface area contributed by atoms with Crippen molar-refractivity contribution in [2.45, 2.75) is 57.4 Å². The molecule has 2 saturated heterocycles. The topological polar surface area (TPSA) is 54.5 Å². The minimum Gasteiger partial charge on any atom is -0.373 e. The molecule has 0 radical (unpaired) electrons. The molecule has 1 amide bonds. The Labute approximate surface area is 135 Å². The molecule has 1 aromatic rings. The number of aryl methyl sites for hydroxylation is 1. The van der Waals surface area contributed by atoms with Gasteiger partial charge in [-0.15, -0.1) is 11.3 Å². The van der Waals surface area contributed by atoms with Gasteiger partial charge in [0.2, 0.25) is 5.91 Å². The van der Waals surface area contributed by atoms with Crippen LogP contribution in [0.5, 0.6) is 0 Å². The summed E-state index contributed by atoms with van der Waals surface area (Å²) < 4.78 is 6.11. The molecule has 0 unspecified atom stereocenters. The molecule has 5 nitrogen and oxygen atoms in total. The molecular weight excluding hydrogens is 298 g/mol. The molecule has 0 spiro atoms. The minimum absolute atomic E-state index is 0.123. The smallest absolute Gasteiger partial charge is 0.222 e. The van der Waals surface area contributed by atoms with E-state index >= 15 is 0 Å². The van der Waals surface area contributed by atoms with E-state index in [1.54, 1.807) is 11.3 Å². The van der Waals surface area contributed by atoms with Gasteiger partial charge in [-0.1, -0.05) is 0 Å². The molecule has 3 fully saturated rings. The molecule has 6 heteroatoms. The fourth-order valence-corrected chi connectivity index (χ4v) is 4.24. The molecule has 3 atom stereocenters. The van der Waals surface area contributed by atoms with Crippen LogP contribution in [-0.2, 0) is 16.1 Å². The molecule has 0 aromatic carbocycles. The molecule has 1 saturated carbocycles.